The van der Waals surface area contributed by atoms with Crippen LogP contribution < -0.4 is 0 Å². The van der Waals surface area contributed by atoms with E-state index in [0.29, 0.717) is 0 Å². The van der Waals surface area contributed by atoms with Crippen LogP contribution in [0.25, 0.3) is 6.08 Å². The monoisotopic (exact) mass is 174 g/mol. The van der Waals surface area contributed by atoms with E-state index >= 15 is 0 Å². The highest BCUT2D eigenvalue weighted by Crippen LogP contribution is 2.00. The Kier molecular flexibility index (Phi) is 3.51. The lowest BCUT2D eigenvalue weighted by Crippen LogP contribution is -1.84. The SMILES string of the molecule is O=C(O)/C=C\C=C/c1ccccc1. The zero-order valence-electron chi connectivity index (χ0n) is 7.05. The van der Waals surface area contributed by atoms with E-state index in [-0.39, 0.29) is 0 Å². The van der Waals surface area contributed by atoms with E-state index in [2.05, 4.69) is 0 Å². The summed E-state index contributed by atoms with van der Waals surface area (Å²) in [7, 11) is 0. The fourth-order valence-corrected chi connectivity index (χ4v) is 0.869. The number of hydrogen-bond donors (Lipinski definition) is 1. The van der Waals surface area contributed by atoms with Crippen molar-refractivity contribution in [2.45, 2.75) is 0 Å². The van der Waals surface area contributed by atoms with E-state index in [0.717, 1.165) is 11.6 Å². The van der Waals surface area contributed by atoms with Gasteiger partial charge < -0.3 is 5.11 Å². The molecule has 0 heterocycles. The maximum atomic E-state index is 10.1. The smallest absolute Gasteiger partial charge is 0.328 e. The van der Waals surface area contributed by atoms with Gasteiger partial charge in [-0.1, -0.05) is 48.6 Å². The highest BCUT2D eigenvalue weighted by Gasteiger charge is 1.82. The van der Waals surface area contributed by atoms with Gasteiger partial charge in [0.1, 0.15) is 0 Å². The number of rotatable bonds is 3. The molecule has 66 valence electrons. The molecule has 13 heavy (non-hydrogen) atoms. The Hall–Kier alpha value is -1.83. The van der Waals surface area contributed by atoms with Crippen LogP contribution in [0, 0.1) is 0 Å². The summed E-state index contributed by atoms with van der Waals surface area (Å²) < 4.78 is 0. The zero-order chi connectivity index (χ0) is 9.52. The zero-order valence-corrected chi connectivity index (χ0v) is 7.05. The Morgan fingerprint density at radius 1 is 1.15 bits per heavy atom. The lowest BCUT2D eigenvalue weighted by Gasteiger charge is -1.87. The van der Waals surface area contributed by atoms with Gasteiger partial charge in [-0.15, -0.1) is 0 Å². The molecule has 1 aromatic rings. The van der Waals surface area contributed by atoms with Crippen LogP contribution in [0.5, 0.6) is 0 Å². The molecule has 0 atom stereocenters. The molecule has 2 heteroatoms. The third kappa shape index (κ3) is 3.91. The Morgan fingerprint density at radius 2 is 1.85 bits per heavy atom. The van der Waals surface area contributed by atoms with Gasteiger partial charge in [0.2, 0.25) is 0 Å². The fourth-order valence-electron chi connectivity index (χ4n) is 0.869. The van der Waals surface area contributed by atoms with Gasteiger partial charge in [0.25, 0.3) is 0 Å². The van der Waals surface area contributed by atoms with E-state index in [1.807, 2.05) is 36.4 Å². The van der Waals surface area contributed by atoms with E-state index in [1.54, 1.807) is 6.08 Å². The molecule has 1 N–H and O–H groups in total. The van der Waals surface area contributed by atoms with Crippen molar-refractivity contribution in [3.05, 3.63) is 54.1 Å². The predicted molar refractivity (Wildman–Crippen MR) is 52.3 cm³/mol. The first-order chi connectivity index (χ1) is 6.29. The second-order valence-corrected chi connectivity index (χ2v) is 2.47. The molecular formula is C11H10O2. The summed E-state index contributed by atoms with van der Waals surface area (Å²) in [5.74, 6) is -0.933. The molecule has 1 rings (SSSR count). The van der Waals surface area contributed by atoms with Crippen LogP contribution in [0.3, 0.4) is 0 Å². The van der Waals surface area contributed by atoms with Gasteiger partial charge in [0.15, 0.2) is 0 Å². The van der Waals surface area contributed by atoms with Crippen molar-refractivity contribution in [3.63, 3.8) is 0 Å². The molecule has 0 aromatic heterocycles. The first-order valence-electron chi connectivity index (χ1n) is 3.92. The van der Waals surface area contributed by atoms with Gasteiger partial charge in [0, 0.05) is 6.08 Å². The summed E-state index contributed by atoms with van der Waals surface area (Å²) in [6.07, 6.45) is 6.14. The summed E-state index contributed by atoms with van der Waals surface area (Å²) in [5.41, 5.74) is 1.05. The predicted octanol–water partition coefficient (Wildman–Crippen LogP) is 2.34. The summed E-state index contributed by atoms with van der Waals surface area (Å²) in [5, 5.41) is 8.29. The van der Waals surface area contributed by atoms with Crippen molar-refractivity contribution in [2.24, 2.45) is 0 Å². The van der Waals surface area contributed by atoms with Crippen LogP contribution in [0.1, 0.15) is 5.56 Å². The number of allylic oxidation sites excluding steroid dienone is 2. The van der Waals surface area contributed by atoms with Crippen molar-refractivity contribution < 1.29 is 9.90 Å². The van der Waals surface area contributed by atoms with Crippen molar-refractivity contribution in [1.82, 2.24) is 0 Å². The number of carboxylic acid groups (broad SMARTS) is 1. The lowest BCUT2D eigenvalue weighted by atomic mass is 10.2. The molecule has 0 spiro atoms. The van der Waals surface area contributed by atoms with Crippen LogP contribution in [0.4, 0.5) is 0 Å². The van der Waals surface area contributed by atoms with E-state index in [9.17, 15) is 4.79 Å². The molecule has 1 aromatic carbocycles. The minimum atomic E-state index is -0.933. The summed E-state index contributed by atoms with van der Waals surface area (Å²) >= 11 is 0. The first kappa shape index (κ1) is 9.26. The molecule has 0 unspecified atom stereocenters. The highest BCUT2D eigenvalue weighted by molar-refractivity contribution is 5.80. The molecule has 0 aliphatic carbocycles. The van der Waals surface area contributed by atoms with Gasteiger partial charge in [0.05, 0.1) is 0 Å². The highest BCUT2D eigenvalue weighted by atomic mass is 16.4. The third-order valence-corrected chi connectivity index (χ3v) is 1.44. The average molecular weight is 174 g/mol. The second kappa shape index (κ2) is 4.93. The topological polar surface area (TPSA) is 37.3 Å². The van der Waals surface area contributed by atoms with Crippen molar-refractivity contribution >= 4 is 12.0 Å². The number of benzene rings is 1. The Balaban J connectivity index is 2.55. The fraction of sp³-hybridized carbons (Fsp3) is 0. The van der Waals surface area contributed by atoms with Crippen molar-refractivity contribution in [1.29, 1.82) is 0 Å². The summed E-state index contributed by atoms with van der Waals surface area (Å²) in [6.45, 7) is 0. The van der Waals surface area contributed by atoms with Crippen LogP contribution in [-0.4, -0.2) is 11.1 Å². The molecule has 0 radical (unpaired) electrons. The first-order valence-corrected chi connectivity index (χ1v) is 3.92. The van der Waals surface area contributed by atoms with Crippen molar-refractivity contribution in [2.75, 3.05) is 0 Å². The molecule has 0 saturated heterocycles. The standard InChI is InChI=1S/C11H10O2/c12-11(13)9-5-4-8-10-6-2-1-3-7-10/h1-9H,(H,12,13)/b8-4-,9-5-. The van der Waals surface area contributed by atoms with E-state index in [4.69, 9.17) is 5.11 Å². The Bertz CT molecular complexity index is 323. The molecule has 0 bridgehead atoms. The quantitative estimate of drug-likeness (QED) is 0.564. The molecular weight excluding hydrogens is 164 g/mol. The van der Waals surface area contributed by atoms with Crippen molar-refractivity contribution in [3.8, 4) is 0 Å². The van der Waals surface area contributed by atoms with Gasteiger partial charge in [-0.25, -0.2) is 4.79 Å². The number of carbonyl (C=O) groups is 1. The second-order valence-electron chi connectivity index (χ2n) is 2.47. The van der Waals surface area contributed by atoms with Gasteiger partial charge >= 0.3 is 5.97 Å². The summed E-state index contributed by atoms with van der Waals surface area (Å²) in [4.78, 5) is 10.1. The molecule has 0 saturated carbocycles. The average Bonchev–Trinajstić information content (AvgIpc) is 2.14. The minimum absolute atomic E-state index is 0.933. The van der Waals surface area contributed by atoms with Gasteiger partial charge in [-0.3, -0.25) is 0 Å². The number of hydrogen-bond acceptors (Lipinski definition) is 1. The molecule has 0 amide bonds. The van der Waals surface area contributed by atoms with Crippen LogP contribution in [0.15, 0.2) is 48.6 Å². The maximum Gasteiger partial charge on any atom is 0.328 e. The number of aliphatic carboxylic acids is 1. The van der Waals surface area contributed by atoms with Crippen LogP contribution >= 0.6 is 0 Å². The Labute approximate surface area is 76.8 Å². The van der Waals surface area contributed by atoms with Gasteiger partial charge in [-0.2, -0.15) is 0 Å². The Morgan fingerprint density at radius 3 is 2.46 bits per heavy atom. The molecule has 0 aliphatic rings. The number of carboxylic acids is 1. The molecule has 2 nitrogen and oxygen atoms in total. The lowest BCUT2D eigenvalue weighted by molar-refractivity contribution is -0.131. The minimum Gasteiger partial charge on any atom is -0.478 e. The normalized spacial score (nSPS) is 11.1. The molecule has 0 aliphatic heterocycles. The van der Waals surface area contributed by atoms with E-state index in [1.165, 1.54) is 6.08 Å². The largest absolute Gasteiger partial charge is 0.478 e. The third-order valence-electron chi connectivity index (χ3n) is 1.44. The van der Waals surface area contributed by atoms with Crippen LogP contribution in [-0.2, 0) is 4.79 Å². The van der Waals surface area contributed by atoms with E-state index < -0.39 is 5.97 Å². The molecule has 0 fully saturated rings. The van der Waals surface area contributed by atoms with Gasteiger partial charge in [-0.05, 0) is 5.56 Å². The maximum absolute atomic E-state index is 10.1. The van der Waals surface area contributed by atoms with Crippen LogP contribution in [0.2, 0.25) is 0 Å². The summed E-state index contributed by atoms with van der Waals surface area (Å²) in [6, 6.07) is 9.70.